The predicted molar refractivity (Wildman–Crippen MR) is 110 cm³/mol. The van der Waals surface area contributed by atoms with Crippen LogP contribution in [0.4, 0.5) is 5.69 Å². The van der Waals surface area contributed by atoms with E-state index in [0.717, 1.165) is 24.9 Å². The molecule has 1 fully saturated rings. The second-order valence-corrected chi connectivity index (χ2v) is 7.15. The molecule has 7 heteroatoms. The topological polar surface area (TPSA) is 102 Å². The van der Waals surface area contributed by atoms with Crippen molar-refractivity contribution in [1.29, 1.82) is 0 Å². The molecular weight excluding hydrogens is 370 g/mol. The van der Waals surface area contributed by atoms with Gasteiger partial charge in [0.15, 0.2) is 12.4 Å². The number of likely N-dealkylation sites (tertiary alicyclic amines) is 1. The van der Waals surface area contributed by atoms with Gasteiger partial charge in [-0.2, -0.15) is 0 Å². The minimum Gasteiger partial charge on any atom is -0.484 e. The number of hydrogen-bond acceptors (Lipinski definition) is 5. The zero-order chi connectivity index (χ0) is 20.8. The first-order valence-electron chi connectivity index (χ1n) is 9.58. The third-order valence-corrected chi connectivity index (χ3v) is 4.90. The van der Waals surface area contributed by atoms with Crippen LogP contribution in [-0.4, -0.2) is 41.7 Å². The van der Waals surface area contributed by atoms with Gasteiger partial charge in [0.05, 0.1) is 6.04 Å². The Morgan fingerprint density at radius 1 is 1.17 bits per heavy atom. The molecule has 0 bridgehead atoms. The van der Waals surface area contributed by atoms with Crippen molar-refractivity contribution in [3.8, 4) is 5.75 Å². The van der Waals surface area contributed by atoms with Crippen LogP contribution in [0.3, 0.4) is 0 Å². The Bertz CT molecular complexity index is 912. The van der Waals surface area contributed by atoms with Gasteiger partial charge >= 0.3 is 0 Å². The van der Waals surface area contributed by atoms with Crippen molar-refractivity contribution in [2.24, 2.45) is 5.73 Å². The number of hydrogen-bond donors (Lipinski definition) is 2. The molecule has 3 rings (SSSR count). The first kappa shape index (κ1) is 20.5. The minimum absolute atomic E-state index is 0.0618. The highest BCUT2D eigenvalue weighted by Gasteiger charge is 2.28. The maximum absolute atomic E-state index is 12.2. The van der Waals surface area contributed by atoms with Crippen LogP contribution in [0.25, 0.3) is 0 Å². The number of rotatable bonds is 8. The van der Waals surface area contributed by atoms with Gasteiger partial charge in [0, 0.05) is 17.8 Å². The highest BCUT2D eigenvalue weighted by Crippen LogP contribution is 2.21. The summed E-state index contributed by atoms with van der Waals surface area (Å²) in [6.45, 7) is 2.75. The number of ketones is 1. The summed E-state index contributed by atoms with van der Waals surface area (Å²) in [5.41, 5.74) is 7.66. The number of benzene rings is 2. The Labute approximate surface area is 169 Å². The van der Waals surface area contributed by atoms with Crippen LogP contribution in [0.15, 0.2) is 48.5 Å². The number of amides is 2. The van der Waals surface area contributed by atoms with Crippen LogP contribution in [0.1, 0.15) is 35.7 Å². The average Bonchev–Trinajstić information content (AvgIpc) is 3.15. The summed E-state index contributed by atoms with van der Waals surface area (Å²) in [4.78, 5) is 37.3. The van der Waals surface area contributed by atoms with Crippen LogP contribution in [-0.2, 0) is 16.1 Å². The van der Waals surface area contributed by atoms with E-state index in [1.807, 2.05) is 18.2 Å². The van der Waals surface area contributed by atoms with Crippen molar-refractivity contribution >= 4 is 23.3 Å². The summed E-state index contributed by atoms with van der Waals surface area (Å²) in [6.07, 6.45) is 1.74. The number of nitrogens with zero attached hydrogens (tertiary/aromatic N) is 1. The molecule has 2 aromatic carbocycles. The normalized spacial score (nSPS) is 16.4. The molecule has 1 saturated heterocycles. The minimum atomic E-state index is -0.299. The lowest BCUT2D eigenvalue weighted by atomic mass is 10.1. The van der Waals surface area contributed by atoms with Gasteiger partial charge in [0.2, 0.25) is 5.91 Å². The lowest BCUT2D eigenvalue weighted by Crippen LogP contribution is -2.39. The number of anilines is 1. The number of primary amides is 1. The van der Waals surface area contributed by atoms with Crippen LogP contribution in [0.5, 0.6) is 5.75 Å². The maximum Gasteiger partial charge on any atom is 0.262 e. The number of ether oxygens (including phenoxy) is 1. The Morgan fingerprint density at radius 3 is 2.72 bits per heavy atom. The van der Waals surface area contributed by atoms with E-state index in [1.165, 1.54) is 6.92 Å². The summed E-state index contributed by atoms with van der Waals surface area (Å²) in [5.74, 6) is -0.189. The van der Waals surface area contributed by atoms with E-state index in [-0.39, 0.29) is 30.2 Å². The van der Waals surface area contributed by atoms with Crippen molar-refractivity contribution in [1.82, 2.24) is 4.90 Å². The molecule has 1 atom stereocenters. The fourth-order valence-electron chi connectivity index (χ4n) is 3.47. The van der Waals surface area contributed by atoms with E-state index in [4.69, 9.17) is 10.5 Å². The highest BCUT2D eigenvalue weighted by atomic mass is 16.5. The highest BCUT2D eigenvalue weighted by molar-refractivity contribution is 5.94. The first-order chi connectivity index (χ1) is 13.9. The molecule has 3 N–H and O–H groups in total. The van der Waals surface area contributed by atoms with Crippen LogP contribution < -0.4 is 15.8 Å². The van der Waals surface area contributed by atoms with Gasteiger partial charge in [0.1, 0.15) is 5.75 Å². The third-order valence-electron chi connectivity index (χ3n) is 4.90. The lowest BCUT2D eigenvalue weighted by Gasteiger charge is -2.22. The molecule has 7 nitrogen and oxygen atoms in total. The summed E-state index contributed by atoms with van der Waals surface area (Å²) >= 11 is 0. The summed E-state index contributed by atoms with van der Waals surface area (Å²) in [6, 6.07) is 14.0. The zero-order valence-electron chi connectivity index (χ0n) is 16.4. The van der Waals surface area contributed by atoms with E-state index < -0.39 is 0 Å². The largest absolute Gasteiger partial charge is 0.484 e. The summed E-state index contributed by atoms with van der Waals surface area (Å²) in [7, 11) is 0. The van der Waals surface area contributed by atoms with Crippen LogP contribution in [0.2, 0.25) is 0 Å². The molecule has 0 spiro atoms. The van der Waals surface area contributed by atoms with Gasteiger partial charge < -0.3 is 15.8 Å². The predicted octanol–water partition coefficient (Wildman–Crippen LogP) is 2.36. The molecule has 2 amide bonds. The van der Waals surface area contributed by atoms with E-state index in [2.05, 4.69) is 10.2 Å². The number of nitrogens with one attached hydrogen (secondary N) is 1. The van der Waals surface area contributed by atoms with E-state index in [1.54, 1.807) is 30.3 Å². The first-order valence-corrected chi connectivity index (χ1v) is 9.58. The Hall–Kier alpha value is -3.19. The quantitative estimate of drug-likeness (QED) is 0.668. The fraction of sp³-hybridized carbons (Fsp3) is 0.318. The monoisotopic (exact) mass is 395 g/mol. The third kappa shape index (κ3) is 5.65. The van der Waals surface area contributed by atoms with Crippen LogP contribution in [0, 0.1) is 0 Å². The average molecular weight is 395 g/mol. The van der Waals surface area contributed by atoms with Crippen molar-refractivity contribution in [2.45, 2.75) is 32.4 Å². The number of carbonyl (C=O) groups is 3. The molecule has 152 valence electrons. The van der Waals surface area contributed by atoms with E-state index in [0.29, 0.717) is 23.5 Å². The second-order valence-electron chi connectivity index (χ2n) is 7.15. The van der Waals surface area contributed by atoms with Gasteiger partial charge in [0.25, 0.3) is 5.91 Å². The van der Waals surface area contributed by atoms with Gasteiger partial charge in [-0.05, 0) is 56.1 Å². The SMILES string of the molecule is CC(=O)c1cccc(OCC(=O)Nc2cccc(CN3CCCC3C(N)=O)c2)c1. The fourth-order valence-corrected chi connectivity index (χ4v) is 3.47. The van der Waals surface area contributed by atoms with Gasteiger partial charge in [-0.1, -0.05) is 24.3 Å². The Morgan fingerprint density at radius 2 is 1.97 bits per heavy atom. The summed E-state index contributed by atoms with van der Waals surface area (Å²) in [5, 5.41) is 2.81. The van der Waals surface area contributed by atoms with Gasteiger partial charge in [-0.25, -0.2) is 0 Å². The molecule has 1 unspecified atom stereocenters. The van der Waals surface area contributed by atoms with Crippen molar-refractivity contribution in [3.05, 3.63) is 59.7 Å². The zero-order valence-corrected chi connectivity index (χ0v) is 16.4. The second kappa shape index (κ2) is 9.34. The molecule has 0 radical (unpaired) electrons. The molecule has 2 aromatic rings. The molecule has 1 aliphatic rings. The molecule has 0 saturated carbocycles. The molecule has 0 aromatic heterocycles. The number of carbonyl (C=O) groups excluding carboxylic acids is 3. The Kier molecular flexibility index (Phi) is 6.61. The summed E-state index contributed by atoms with van der Waals surface area (Å²) < 4.78 is 5.49. The molecule has 1 aliphatic heterocycles. The molecular formula is C22H25N3O4. The smallest absolute Gasteiger partial charge is 0.262 e. The number of Topliss-reactive ketones (excluding diaryl/α,β-unsaturated/α-hetero) is 1. The maximum atomic E-state index is 12.2. The Balaban J connectivity index is 1.55. The van der Waals surface area contributed by atoms with E-state index in [9.17, 15) is 14.4 Å². The molecule has 29 heavy (non-hydrogen) atoms. The molecule has 1 heterocycles. The lowest BCUT2D eigenvalue weighted by molar-refractivity contribution is -0.122. The van der Waals surface area contributed by atoms with Crippen LogP contribution >= 0.6 is 0 Å². The van der Waals surface area contributed by atoms with Gasteiger partial charge in [-0.3, -0.25) is 19.3 Å². The van der Waals surface area contributed by atoms with Crippen molar-refractivity contribution in [2.75, 3.05) is 18.5 Å². The van der Waals surface area contributed by atoms with Gasteiger partial charge in [-0.15, -0.1) is 0 Å². The number of nitrogens with two attached hydrogens (primary N) is 1. The molecule has 0 aliphatic carbocycles. The van der Waals surface area contributed by atoms with E-state index >= 15 is 0 Å². The standard InChI is InChI=1S/C22H25N3O4/c1-15(26)17-6-3-8-19(12-17)29-14-21(27)24-18-7-2-5-16(11-18)13-25-10-4-9-20(25)22(23)28/h2-3,5-8,11-12,20H,4,9-10,13-14H2,1H3,(H2,23,28)(H,24,27). The van der Waals surface area contributed by atoms with Crippen molar-refractivity contribution < 1.29 is 19.1 Å². The van der Waals surface area contributed by atoms with Crippen molar-refractivity contribution in [3.63, 3.8) is 0 Å².